The first-order valence-electron chi connectivity index (χ1n) is 11.0. The fourth-order valence-electron chi connectivity index (χ4n) is 3.63. The fourth-order valence-corrected chi connectivity index (χ4v) is 4.05. The minimum absolute atomic E-state index is 0.0361. The van der Waals surface area contributed by atoms with Gasteiger partial charge in [0.05, 0.1) is 18.3 Å². The van der Waals surface area contributed by atoms with E-state index < -0.39 is 11.4 Å². The number of nitrogens with zero attached hydrogens (tertiary/aromatic N) is 3. The molecule has 2 aromatic heterocycles. The first-order chi connectivity index (χ1) is 17.4. The Bertz CT molecular complexity index is 1420. The molecule has 0 bridgehead atoms. The van der Waals surface area contributed by atoms with E-state index in [1.807, 2.05) is 37.3 Å². The average molecular weight is 533 g/mol. The number of benzene rings is 2. The summed E-state index contributed by atoms with van der Waals surface area (Å²) in [4.78, 5) is 18.5. The molecule has 0 unspecified atom stereocenters. The van der Waals surface area contributed by atoms with Crippen LogP contribution in [0, 0.1) is 5.82 Å². The van der Waals surface area contributed by atoms with Gasteiger partial charge in [-0.3, -0.25) is 9.78 Å². The van der Waals surface area contributed by atoms with Gasteiger partial charge in [-0.05, 0) is 48.4 Å². The summed E-state index contributed by atoms with van der Waals surface area (Å²) in [7, 11) is 1.63. The highest BCUT2D eigenvalue weighted by molar-refractivity contribution is 6.33. The number of halogens is 3. The molecule has 12 heteroatoms. The van der Waals surface area contributed by atoms with E-state index in [4.69, 9.17) is 32.7 Å². The molecular weight excluding hydrogens is 510 g/mol. The Labute approximate surface area is 216 Å². The zero-order valence-corrected chi connectivity index (χ0v) is 21.0. The fraction of sp³-hybridized carbons (Fsp3) is 0.250. The van der Waals surface area contributed by atoms with Gasteiger partial charge in [-0.25, -0.2) is 9.37 Å². The van der Waals surface area contributed by atoms with Gasteiger partial charge in [-0.15, -0.1) is 5.10 Å². The van der Waals surface area contributed by atoms with Gasteiger partial charge in [-0.2, -0.15) is 5.10 Å². The van der Waals surface area contributed by atoms with Gasteiger partial charge in [0, 0.05) is 24.7 Å². The summed E-state index contributed by atoms with van der Waals surface area (Å²) in [6.07, 6.45) is 1.62. The van der Waals surface area contributed by atoms with Crippen LogP contribution < -0.4 is 25.7 Å². The molecule has 1 atom stereocenters. The molecule has 4 aromatic rings. The predicted octanol–water partition coefficient (Wildman–Crippen LogP) is 4.51. The highest BCUT2D eigenvalue weighted by Crippen LogP contribution is 2.33. The summed E-state index contributed by atoms with van der Waals surface area (Å²) >= 11 is 11.9. The van der Waals surface area contributed by atoms with Crippen molar-refractivity contribution in [3.8, 4) is 11.5 Å². The van der Waals surface area contributed by atoms with Crippen molar-refractivity contribution in [1.29, 1.82) is 0 Å². The summed E-state index contributed by atoms with van der Waals surface area (Å²) in [5, 5.41) is 14.5. The topological polar surface area (TPSA) is 114 Å². The van der Waals surface area contributed by atoms with E-state index in [2.05, 4.69) is 30.8 Å². The SMILES string of the molecule is COc1ccc(CNc2nnccc2[C@@H](C)NCCOc2c(Cl)cc(F)c3nc(Cl)[nH]c(=O)c23)cc1. The van der Waals surface area contributed by atoms with Crippen LogP contribution in [0.2, 0.25) is 10.3 Å². The molecule has 0 fully saturated rings. The lowest BCUT2D eigenvalue weighted by atomic mass is 10.1. The average Bonchev–Trinajstić information content (AvgIpc) is 2.87. The Balaban J connectivity index is 1.39. The maximum Gasteiger partial charge on any atom is 0.263 e. The Morgan fingerprint density at radius 2 is 1.97 bits per heavy atom. The van der Waals surface area contributed by atoms with Crippen molar-refractivity contribution < 1.29 is 13.9 Å². The van der Waals surface area contributed by atoms with Crippen LogP contribution in [0.5, 0.6) is 11.5 Å². The van der Waals surface area contributed by atoms with Crippen LogP contribution in [-0.2, 0) is 6.54 Å². The smallest absolute Gasteiger partial charge is 0.263 e. The van der Waals surface area contributed by atoms with Crippen molar-refractivity contribution in [1.82, 2.24) is 25.5 Å². The predicted molar refractivity (Wildman–Crippen MR) is 137 cm³/mol. The molecule has 0 aliphatic rings. The molecular formula is C24H23Cl2FN6O3. The minimum atomic E-state index is -0.762. The number of aromatic nitrogens is 4. The number of anilines is 1. The summed E-state index contributed by atoms with van der Waals surface area (Å²) in [5.41, 5.74) is 1.13. The molecule has 2 heterocycles. The summed E-state index contributed by atoms with van der Waals surface area (Å²) in [6, 6.07) is 10.6. The molecule has 36 heavy (non-hydrogen) atoms. The molecule has 2 aromatic carbocycles. The number of nitrogens with one attached hydrogen (secondary N) is 3. The highest BCUT2D eigenvalue weighted by Gasteiger charge is 2.18. The van der Waals surface area contributed by atoms with Crippen LogP contribution in [0.25, 0.3) is 10.9 Å². The van der Waals surface area contributed by atoms with Gasteiger partial charge in [0.1, 0.15) is 23.3 Å². The van der Waals surface area contributed by atoms with Crippen LogP contribution in [0.1, 0.15) is 24.1 Å². The van der Waals surface area contributed by atoms with Crippen LogP contribution in [-0.4, -0.2) is 40.4 Å². The van der Waals surface area contributed by atoms with Crippen molar-refractivity contribution in [3.63, 3.8) is 0 Å². The Morgan fingerprint density at radius 1 is 1.19 bits per heavy atom. The minimum Gasteiger partial charge on any atom is -0.497 e. The van der Waals surface area contributed by atoms with Gasteiger partial charge >= 0.3 is 0 Å². The van der Waals surface area contributed by atoms with Gasteiger partial charge in [0.15, 0.2) is 17.4 Å². The lowest BCUT2D eigenvalue weighted by molar-refractivity contribution is 0.310. The van der Waals surface area contributed by atoms with Crippen molar-refractivity contribution in [3.05, 3.63) is 80.2 Å². The summed E-state index contributed by atoms with van der Waals surface area (Å²) in [5.74, 6) is 0.720. The van der Waals surface area contributed by atoms with Crippen molar-refractivity contribution in [2.45, 2.75) is 19.5 Å². The first-order valence-corrected chi connectivity index (χ1v) is 11.7. The maximum atomic E-state index is 14.3. The Morgan fingerprint density at radius 3 is 2.72 bits per heavy atom. The Kier molecular flexibility index (Phi) is 8.19. The first kappa shape index (κ1) is 25.6. The largest absolute Gasteiger partial charge is 0.497 e. The number of fused-ring (bicyclic) bond motifs is 1. The monoisotopic (exact) mass is 532 g/mol. The van der Waals surface area contributed by atoms with Gasteiger partial charge in [-0.1, -0.05) is 23.7 Å². The standard InChI is InChI=1S/C24H23Cl2FN6O3/c1-13(16-7-8-30-33-22(16)29-12-14-3-5-15(35-2)6-4-14)28-9-10-36-21-17(25)11-18(27)20-19(21)23(34)32-24(26)31-20/h3-8,11,13,28H,9-10,12H2,1-2H3,(H,29,33)(H,31,32,34)/t13-/m1/s1. The van der Waals surface area contributed by atoms with Crippen molar-refractivity contribution in [2.24, 2.45) is 0 Å². The normalized spacial score (nSPS) is 11.9. The number of hydrogen-bond acceptors (Lipinski definition) is 8. The highest BCUT2D eigenvalue weighted by atomic mass is 35.5. The zero-order valence-electron chi connectivity index (χ0n) is 19.4. The number of H-pyrrole nitrogens is 1. The lowest BCUT2D eigenvalue weighted by Crippen LogP contribution is -2.25. The van der Waals surface area contributed by atoms with Crippen LogP contribution >= 0.6 is 23.2 Å². The molecule has 0 saturated carbocycles. The zero-order chi connectivity index (χ0) is 25.7. The van der Waals surface area contributed by atoms with Crippen molar-refractivity contribution in [2.75, 3.05) is 25.6 Å². The van der Waals surface area contributed by atoms with E-state index in [1.54, 1.807) is 13.3 Å². The van der Waals surface area contributed by atoms with Gasteiger partial charge in [0.2, 0.25) is 5.28 Å². The molecule has 188 valence electrons. The number of rotatable bonds is 10. The molecule has 0 radical (unpaired) electrons. The van der Waals surface area contributed by atoms with Gasteiger partial charge < -0.3 is 20.1 Å². The van der Waals surface area contributed by atoms with E-state index in [0.717, 1.165) is 22.9 Å². The van der Waals surface area contributed by atoms with E-state index >= 15 is 0 Å². The molecule has 0 aliphatic heterocycles. The molecule has 0 aliphatic carbocycles. The van der Waals surface area contributed by atoms with E-state index in [9.17, 15) is 9.18 Å². The second-order valence-corrected chi connectivity index (χ2v) is 8.58. The molecule has 0 saturated heterocycles. The number of ether oxygens (including phenoxy) is 2. The van der Waals surface area contributed by atoms with E-state index in [1.165, 1.54) is 0 Å². The summed E-state index contributed by atoms with van der Waals surface area (Å²) in [6.45, 7) is 3.09. The lowest BCUT2D eigenvalue weighted by Gasteiger charge is -2.18. The van der Waals surface area contributed by atoms with E-state index in [-0.39, 0.29) is 39.6 Å². The maximum absolute atomic E-state index is 14.3. The molecule has 0 spiro atoms. The molecule has 0 amide bonds. The second-order valence-electron chi connectivity index (χ2n) is 7.81. The quantitative estimate of drug-likeness (QED) is 0.202. The molecule has 4 rings (SSSR count). The number of aromatic amines is 1. The van der Waals surface area contributed by atoms with Crippen LogP contribution in [0.15, 0.2) is 47.4 Å². The Hall–Kier alpha value is -3.47. The molecule has 9 nitrogen and oxygen atoms in total. The number of methoxy groups -OCH3 is 1. The van der Waals surface area contributed by atoms with Gasteiger partial charge in [0.25, 0.3) is 5.56 Å². The third-order valence-corrected chi connectivity index (χ3v) is 5.91. The van der Waals surface area contributed by atoms with E-state index in [0.29, 0.717) is 18.9 Å². The van der Waals surface area contributed by atoms with Crippen molar-refractivity contribution >= 4 is 39.9 Å². The third kappa shape index (κ3) is 5.84. The number of hydrogen-bond donors (Lipinski definition) is 3. The summed E-state index contributed by atoms with van der Waals surface area (Å²) < 4.78 is 25.2. The molecule has 3 N–H and O–H groups in total. The second kappa shape index (κ2) is 11.5. The van der Waals surface area contributed by atoms with Crippen LogP contribution in [0.3, 0.4) is 0 Å². The van der Waals surface area contributed by atoms with Crippen LogP contribution in [0.4, 0.5) is 10.2 Å². The third-order valence-electron chi connectivity index (χ3n) is 5.45.